The van der Waals surface area contributed by atoms with Crippen LogP contribution in [0, 0.1) is 6.92 Å². The SMILES string of the molecule is [B]c1cccc2sc(/C=C\C(=C)c3ccc4c(c3)c3ccccc3n4-c3ccccc3)c(C)c12. The summed E-state index contributed by atoms with van der Waals surface area (Å²) in [6.45, 7) is 6.52. The van der Waals surface area contributed by atoms with Crippen LogP contribution >= 0.6 is 11.3 Å². The molecule has 0 N–H and O–H groups in total. The molecular weight excluding hydrogens is 429 g/mol. The van der Waals surface area contributed by atoms with Crippen LogP contribution in [0.2, 0.25) is 0 Å². The van der Waals surface area contributed by atoms with Crippen molar-refractivity contribution in [3.05, 3.63) is 120 Å². The van der Waals surface area contributed by atoms with E-state index in [4.69, 9.17) is 7.85 Å². The highest BCUT2D eigenvalue weighted by Crippen LogP contribution is 2.35. The van der Waals surface area contributed by atoms with Crippen LogP contribution in [0.4, 0.5) is 0 Å². The molecule has 2 heterocycles. The zero-order chi connectivity index (χ0) is 23.2. The highest BCUT2D eigenvalue weighted by molar-refractivity contribution is 7.20. The van der Waals surface area contributed by atoms with Crippen LogP contribution < -0.4 is 5.46 Å². The Kier molecular flexibility index (Phi) is 5.01. The molecule has 160 valence electrons. The minimum atomic E-state index is 0.838. The van der Waals surface area contributed by atoms with Crippen LogP contribution in [0.25, 0.3) is 49.2 Å². The zero-order valence-electron chi connectivity index (χ0n) is 19.0. The Balaban J connectivity index is 1.43. The predicted molar refractivity (Wildman–Crippen MR) is 151 cm³/mol. The maximum Gasteiger partial charge on any atom is 0.114 e. The van der Waals surface area contributed by atoms with Gasteiger partial charge in [0.1, 0.15) is 7.85 Å². The number of para-hydroxylation sites is 2. The quantitative estimate of drug-likeness (QED) is 0.190. The molecule has 0 saturated carbocycles. The number of allylic oxidation sites excluding steroid dienone is 2. The Bertz CT molecular complexity index is 1730. The monoisotopic (exact) mass is 451 g/mol. The molecule has 34 heavy (non-hydrogen) atoms. The normalized spacial score (nSPS) is 11.8. The summed E-state index contributed by atoms with van der Waals surface area (Å²) in [6, 6.07) is 31.9. The summed E-state index contributed by atoms with van der Waals surface area (Å²) in [4.78, 5) is 1.22. The van der Waals surface area contributed by atoms with Crippen molar-refractivity contribution in [2.24, 2.45) is 0 Å². The van der Waals surface area contributed by atoms with Crippen LogP contribution in [-0.2, 0) is 0 Å². The standard InChI is InChI=1S/C31H22BNS/c1-20(15-18-29-21(2)31-26(32)12-8-14-30(31)34-29)22-16-17-28-25(19-22)24-11-6-7-13-27(24)33(28)23-9-4-3-5-10-23/h3-19H,1H2,2H3/b18-15-. The molecule has 6 rings (SSSR count). The summed E-state index contributed by atoms with van der Waals surface area (Å²) in [5.41, 5.74) is 7.75. The van der Waals surface area contributed by atoms with E-state index in [1.54, 1.807) is 11.3 Å². The molecule has 0 atom stereocenters. The van der Waals surface area contributed by atoms with Gasteiger partial charge in [-0.3, -0.25) is 0 Å². The van der Waals surface area contributed by atoms with Gasteiger partial charge in [0.25, 0.3) is 0 Å². The number of hydrogen-bond acceptors (Lipinski definition) is 1. The van der Waals surface area contributed by atoms with Gasteiger partial charge in [0.15, 0.2) is 0 Å². The molecule has 3 heteroatoms. The third kappa shape index (κ3) is 3.32. The number of benzene rings is 4. The van der Waals surface area contributed by atoms with Crippen LogP contribution in [0.15, 0.2) is 104 Å². The smallest absolute Gasteiger partial charge is 0.114 e. The first-order valence-corrected chi connectivity index (χ1v) is 12.2. The Labute approximate surface area is 204 Å². The first-order chi connectivity index (χ1) is 16.6. The van der Waals surface area contributed by atoms with Crippen LogP contribution in [0.3, 0.4) is 0 Å². The Morgan fingerprint density at radius 3 is 2.44 bits per heavy atom. The molecule has 2 radical (unpaired) electrons. The van der Waals surface area contributed by atoms with Gasteiger partial charge in [0, 0.05) is 26.0 Å². The summed E-state index contributed by atoms with van der Waals surface area (Å²) >= 11 is 1.77. The minimum Gasteiger partial charge on any atom is -0.309 e. The van der Waals surface area contributed by atoms with Crippen LogP contribution in [-0.4, -0.2) is 12.4 Å². The summed E-state index contributed by atoms with van der Waals surface area (Å²) in [5.74, 6) is 0. The number of thiophene rings is 1. The van der Waals surface area contributed by atoms with Gasteiger partial charge in [-0.15, -0.1) is 11.3 Å². The Morgan fingerprint density at radius 2 is 1.62 bits per heavy atom. The topological polar surface area (TPSA) is 4.93 Å². The van der Waals surface area contributed by atoms with Crippen LogP contribution in [0.1, 0.15) is 16.0 Å². The number of hydrogen-bond donors (Lipinski definition) is 0. The third-order valence-corrected chi connectivity index (χ3v) is 7.74. The molecule has 0 saturated heterocycles. The largest absolute Gasteiger partial charge is 0.309 e. The number of aromatic nitrogens is 1. The minimum absolute atomic E-state index is 0.838. The molecule has 0 aliphatic carbocycles. The van der Waals surface area contributed by atoms with Crippen molar-refractivity contribution in [1.82, 2.24) is 4.57 Å². The molecule has 2 aromatic heterocycles. The van der Waals surface area contributed by atoms with Gasteiger partial charge in [0.05, 0.1) is 11.0 Å². The van der Waals surface area contributed by atoms with Gasteiger partial charge in [0.2, 0.25) is 0 Å². The fourth-order valence-electron chi connectivity index (χ4n) is 4.81. The van der Waals surface area contributed by atoms with E-state index in [2.05, 4.69) is 109 Å². The van der Waals surface area contributed by atoms with E-state index in [-0.39, 0.29) is 0 Å². The molecule has 0 bridgehead atoms. The first kappa shape index (κ1) is 20.8. The van der Waals surface area contributed by atoms with Crippen molar-refractivity contribution in [3.8, 4) is 5.69 Å². The number of nitrogens with zero attached hydrogens (tertiary/aromatic N) is 1. The van der Waals surface area contributed by atoms with Crippen molar-refractivity contribution >= 4 is 68.2 Å². The fourth-order valence-corrected chi connectivity index (χ4v) is 5.96. The van der Waals surface area contributed by atoms with Gasteiger partial charge >= 0.3 is 0 Å². The van der Waals surface area contributed by atoms with Crippen molar-refractivity contribution < 1.29 is 0 Å². The van der Waals surface area contributed by atoms with E-state index in [9.17, 15) is 0 Å². The van der Waals surface area contributed by atoms with E-state index >= 15 is 0 Å². The third-order valence-electron chi connectivity index (χ3n) is 6.52. The van der Waals surface area contributed by atoms with E-state index in [0.29, 0.717) is 0 Å². The number of aryl methyl sites for hydroxylation is 1. The average Bonchev–Trinajstić information content (AvgIpc) is 3.38. The molecule has 1 nitrogen and oxygen atoms in total. The lowest BCUT2D eigenvalue weighted by molar-refractivity contribution is 1.18. The molecule has 0 spiro atoms. The van der Waals surface area contributed by atoms with Gasteiger partial charge < -0.3 is 4.57 Å². The fraction of sp³-hybridized carbons (Fsp3) is 0.0323. The van der Waals surface area contributed by atoms with E-state index in [1.807, 2.05) is 12.1 Å². The Hall–Kier alpha value is -3.82. The average molecular weight is 451 g/mol. The lowest BCUT2D eigenvalue weighted by Gasteiger charge is -2.08. The summed E-state index contributed by atoms with van der Waals surface area (Å²) in [5, 5.41) is 3.64. The summed E-state index contributed by atoms with van der Waals surface area (Å²) < 4.78 is 3.55. The lowest BCUT2D eigenvalue weighted by Crippen LogP contribution is -2.02. The van der Waals surface area contributed by atoms with Crippen LogP contribution in [0.5, 0.6) is 0 Å². The molecule has 0 aliphatic heterocycles. The second kappa shape index (κ2) is 8.20. The molecule has 0 fully saturated rings. The predicted octanol–water partition coefficient (Wildman–Crippen LogP) is 7.83. The van der Waals surface area contributed by atoms with E-state index in [1.165, 1.54) is 42.6 Å². The van der Waals surface area contributed by atoms with Crippen molar-refractivity contribution in [1.29, 1.82) is 0 Å². The first-order valence-electron chi connectivity index (χ1n) is 11.4. The maximum atomic E-state index is 6.22. The van der Waals surface area contributed by atoms with Gasteiger partial charge in [-0.25, -0.2) is 0 Å². The molecule has 0 unspecified atom stereocenters. The highest BCUT2D eigenvalue weighted by Gasteiger charge is 2.13. The molecule has 6 aromatic rings. The summed E-state index contributed by atoms with van der Waals surface area (Å²) in [6.07, 6.45) is 4.28. The lowest BCUT2D eigenvalue weighted by atomic mass is 9.90. The molecule has 0 amide bonds. The molecule has 0 aliphatic rings. The molecule has 4 aromatic carbocycles. The zero-order valence-corrected chi connectivity index (χ0v) is 19.8. The van der Waals surface area contributed by atoms with Crippen molar-refractivity contribution in [2.45, 2.75) is 6.92 Å². The second-order valence-corrected chi connectivity index (χ2v) is 9.67. The summed E-state index contributed by atoms with van der Waals surface area (Å²) in [7, 11) is 6.22. The van der Waals surface area contributed by atoms with Gasteiger partial charge in [-0.05, 0) is 71.5 Å². The second-order valence-electron chi connectivity index (χ2n) is 8.59. The highest BCUT2D eigenvalue weighted by atomic mass is 32.1. The van der Waals surface area contributed by atoms with Gasteiger partial charge in [-0.2, -0.15) is 0 Å². The Morgan fingerprint density at radius 1 is 0.853 bits per heavy atom. The van der Waals surface area contributed by atoms with Crippen molar-refractivity contribution in [3.63, 3.8) is 0 Å². The van der Waals surface area contributed by atoms with E-state index < -0.39 is 0 Å². The van der Waals surface area contributed by atoms with Crippen molar-refractivity contribution in [2.75, 3.05) is 0 Å². The number of rotatable bonds is 4. The maximum absolute atomic E-state index is 6.22. The molecular formula is C31H22BNS. The number of fused-ring (bicyclic) bond motifs is 4. The van der Waals surface area contributed by atoms with Gasteiger partial charge in [-0.1, -0.05) is 72.7 Å². The van der Waals surface area contributed by atoms with E-state index in [0.717, 1.165) is 22.0 Å².